The summed E-state index contributed by atoms with van der Waals surface area (Å²) in [4.78, 5) is 55.9. The number of anilines is 5. The standard InChI is InChI=1S/C10H8N4O2.C10H10N4.C5H6BNO3.C5H4BrN3O2.C5H5N3O2/c11-10-8(7-2-1-3-12-4-7)5-13-6-9(10)14(15)16;11-9-6-14-5-8(10(9)12)7-2-1-3-13-4-7;8-6(9)10-5-2-1-3-7-4-5;6-3-1-8-2-4(5(3)7)9(10)11;6-4-1-2-7-3-5(4)8(9)10/h1-6H,(H2,11,13);1-6H,11H2,(H2,12,14);1-4,8-9H;1-2H,(H2,7,8);1-3H,(H2,6,7). The molecule has 0 amide bonds. The Morgan fingerprint density at radius 3 is 1.41 bits per heavy atom. The highest BCUT2D eigenvalue weighted by atomic mass is 79.9. The van der Waals surface area contributed by atoms with Crippen molar-refractivity contribution in [2.24, 2.45) is 0 Å². The van der Waals surface area contributed by atoms with Crippen molar-refractivity contribution in [1.29, 1.82) is 0 Å². The molecule has 0 radical (unpaired) electrons. The lowest BCUT2D eigenvalue weighted by molar-refractivity contribution is -0.384. The van der Waals surface area contributed by atoms with Crippen molar-refractivity contribution in [1.82, 2.24) is 34.9 Å². The summed E-state index contributed by atoms with van der Waals surface area (Å²) in [5.74, 6) is 0.331. The molecule has 0 aliphatic carbocycles. The van der Waals surface area contributed by atoms with Gasteiger partial charge < -0.3 is 43.4 Å². The highest BCUT2D eigenvalue weighted by Gasteiger charge is 2.16. The van der Waals surface area contributed by atoms with Crippen LogP contribution in [0.3, 0.4) is 0 Å². The predicted octanol–water partition coefficient (Wildman–Crippen LogP) is 4.28. The van der Waals surface area contributed by atoms with Gasteiger partial charge in [0.05, 0.1) is 43.0 Å². The van der Waals surface area contributed by atoms with Crippen molar-refractivity contribution in [2.75, 3.05) is 28.7 Å². The SMILES string of the molecule is Nc1c(-c2cccnc2)cncc1[N+](=O)[O-].Nc1c(Br)cncc1[N+](=O)[O-].Nc1ccncc1[N+](=O)[O-].Nc1cncc(-c2cccnc2)c1N.OB(O)Oc1cccnc1. The lowest BCUT2D eigenvalue weighted by atomic mass is 10.1. The van der Waals surface area contributed by atoms with Crippen molar-refractivity contribution in [3.05, 3.63) is 164 Å². The molecule has 12 N–H and O–H groups in total. The molecule has 7 aromatic rings. The number of nitrogens with two attached hydrogens (primary N) is 5. The molecule has 0 unspecified atom stereocenters. The van der Waals surface area contributed by atoms with Crippen LogP contribution in [0.2, 0.25) is 0 Å². The van der Waals surface area contributed by atoms with Crippen LogP contribution in [-0.2, 0) is 0 Å². The summed E-state index contributed by atoms with van der Waals surface area (Å²) in [5.41, 5.74) is 31.6. The molecule has 0 aromatic carbocycles. The van der Waals surface area contributed by atoms with E-state index in [1.807, 2.05) is 12.1 Å². The van der Waals surface area contributed by atoms with Crippen LogP contribution in [0, 0.1) is 30.3 Å². The highest BCUT2D eigenvalue weighted by Crippen LogP contribution is 2.31. The molecule has 0 aliphatic rings. The van der Waals surface area contributed by atoms with E-state index in [9.17, 15) is 30.3 Å². The second kappa shape index (κ2) is 23.7. The molecule has 312 valence electrons. The normalized spacial score (nSPS) is 9.62. The monoisotopic (exact) mass is 897 g/mol. The Morgan fingerprint density at radius 2 is 0.967 bits per heavy atom. The molecule has 0 fully saturated rings. The van der Waals surface area contributed by atoms with E-state index >= 15 is 0 Å². The van der Waals surface area contributed by atoms with Crippen molar-refractivity contribution in [3.63, 3.8) is 0 Å². The average molecular weight is 898 g/mol. The van der Waals surface area contributed by atoms with Gasteiger partial charge in [-0.2, -0.15) is 0 Å². The molecule has 7 heterocycles. The Bertz CT molecular complexity index is 2520. The van der Waals surface area contributed by atoms with Gasteiger partial charge in [0.1, 0.15) is 41.4 Å². The van der Waals surface area contributed by atoms with Gasteiger partial charge in [-0.1, -0.05) is 12.1 Å². The predicted molar refractivity (Wildman–Crippen MR) is 228 cm³/mol. The van der Waals surface area contributed by atoms with Gasteiger partial charge in [0.25, 0.3) is 0 Å². The van der Waals surface area contributed by atoms with E-state index in [0.29, 0.717) is 32.7 Å². The van der Waals surface area contributed by atoms with E-state index in [1.165, 1.54) is 37.1 Å². The number of rotatable bonds is 7. The third-order valence-corrected chi connectivity index (χ3v) is 7.78. The molecule has 7 aromatic heterocycles. The van der Waals surface area contributed by atoms with E-state index in [0.717, 1.165) is 29.7 Å². The molecule has 0 bridgehead atoms. The van der Waals surface area contributed by atoms with Crippen LogP contribution in [-0.4, -0.2) is 67.0 Å². The second-order valence-electron chi connectivity index (χ2n) is 11.2. The maximum absolute atomic E-state index is 10.7. The van der Waals surface area contributed by atoms with E-state index in [2.05, 4.69) is 55.5 Å². The van der Waals surface area contributed by atoms with Gasteiger partial charge in [-0.25, -0.2) is 0 Å². The van der Waals surface area contributed by atoms with Crippen LogP contribution in [0.4, 0.5) is 45.5 Å². The zero-order chi connectivity index (χ0) is 44.9. The molecule has 0 atom stereocenters. The molecular weight excluding hydrogens is 865 g/mol. The third kappa shape index (κ3) is 14.8. The first-order valence-corrected chi connectivity index (χ1v) is 17.4. The summed E-state index contributed by atoms with van der Waals surface area (Å²) in [6.45, 7) is 0. The number of nitrogens with zero attached hydrogens (tertiary/aromatic N) is 10. The third-order valence-electron chi connectivity index (χ3n) is 7.15. The Kier molecular flexibility index (Phi) is 18.2. The summed E-state index contributed by atoms with van der Waals surface area (Å²) < 4.78 is 4.90. The summed E-state index contributed by atoms with van der Waals surface area (Å²) >= 11 is 3.02. The molecule has 24 nitrogen and oxygen atoms in total. The van der Waals surface area contributed by atoms with Crippen molar-refractivity contribution >= 4 is 68.8 Å². The minimum atomic E-state index is -1.77. The zero-order valence-electron chi connectivity index (χ0n) is 31.2. The number of hydrogen-bond acceptors (Lipinski definition) is 21. The Balaban J connectivity index is 0.000000206. The van der Waals surface area contributed by atoms with E-state index in [-0.39, 0.29) is 34.1 Å². The number of halogens is 1. The molecule has 0 spiro atoms. The zero-order valence-corrected chi connectivity index (χ0v) is 32.8. The van der Waals surface area contributed by atoms with Gasteiger partial charge in [0.15, 0.2) is 0 Å². The van der Waals surface area contributed by atoms with Crippen LogP contribution in [0.5, 0.6) is 5.75 Å². The summed E-state index contributed by atoms with van der Waals surface area (Å²) in [6.07, 6.45) is 20.5. The highest BCUT2D eigenvalue weighted by molar-refractivity contribution is 9.10. The largest absolute Gasteiger partial charge is 0.707 e. The Labute approximate surface area is 352 Å². The molecule has 7 rings (SSSR count). The first-order valence-electron chi connectivity index (χ1n) is 16.6. The van der Waals surface area contributed by atoms with Gasteiger partial charge in [0.2, 0.25) is 0 Å². The number of nitro groups is 3. The smallest absolute Gasteiger partial charge is 0.511 e. The lowest BCUT2D eigenvalue weighted by Gasteiger charge is -2.06. The number of pyridine rings is 7. The fourth-order valence-electron chi connectivity index (χ4n) is 4.26. The fourth-order valence-corrected chi connectivity index (χ4v) is 4.59. The maximum atomic E-state index is 10.7. The topological polar surface area (TPSA) is 399 Å². The molecular formula is C35H33BBrN15O9. The number of nitrogen functional groups attached to an aromatic ring is 5. The quantitative estimate of drug-likeness (QED) is 0.0666. The summed E-state index contributed by atoms with van der Waals surface area (Å²) in [5, 5.41) is 47.6. The Hall–Kier alpha value is -8.49. The molecule has 0 saturated carbocycles. The van der Waals surface area contributed by atoms with Gasteiger partial charge in [-0.3, -0.25) is 65.2 Å². The van der Waals surface area contributed by atoms with Crippen molar-refractivity contribution < 1.29 is 29.5 Å². The second-order valence-corrected chi connectivity index (χ2v) is 12.0. The molecule has 61 heavy (non-hydrogen) atoms. The van der Waals surface area contributed by atoms with E-state index < -0.39 is 22.1 Å². The van der Waals surface area contributed by atoms with Gasteiger partial charge in [-0.05, 0) is 46.3 Å². The summed E-state index contributed by atoms with van der Waals surface area (Å²) in [7, 11) is -1.77. The van der Waals surface area contributed by atoms with Crippen LogP contribution in [0.15, 0.2) is 134 Å². The number of hydrogen-bond donors (Lipinski definition) is 7. The van der Waals surface area contributed by atoms with Gasteiger partial charge in [-0.15, -0.1) is 0 Å². The minimum absolute atomic E-state index is 0.102. The minimum Gasteiger partial charge on any atom is -0.511 e. The summed E-state index contributed by atoms with van der Waals surface area (Å²) in [6, 6.07) is 11.9. The van der Waals surface area contributed by atoms with Crippen molar-refractivity contribution in [3.8, 4) is 28.0 Å². The van der Waals surface area contributed by atoms with Crippen LogP contribution in [0.25, 0.3) is 22.3 Å². The molecule has 0 aliphatic heterocycles. The number of aromatic nitrogens is 7. The maximum Gasteiger partial charge on any atom is 0.707 e. The van der Waals surface area contributed by atoms with Crippen molar-refractivity contribution in [2.45, 2.75) is 0 Å². The Morgan fingerprint density at radius 1 is 0.508 bits per heavy atom. The molecule has 0 saturated heterocycles. The van der Waals surface area contributed by atoms with Crippen LogP contribution >= 0.6 is 15.9 Å². The van der Waals surface area contributed by atoms with Crippen LogP contribution in [0.1, 0.15) is 0 Å². The van der Waals surface area contributed by atoms with E-state index in [4.69, 9.17) is 38.7 Å². The lowest BCUT2D eigenvalue weighted by Crippen LogP contribution is -2.20. The first kappa shape index (κ1) is 46.9. The average Bonchev–Trinajstić information content (AvgIpc) is 3.24. The van der Waals surface area contributed by atoms with Crippen LogP contribution < -0.4 is 33.3 Å². The molecule has 26 heteroatoms. The van der Waals surface area contributed by atoms with Gasteiger partial charge in [0, 0.05) is 78.0 Å². The fraction of sp³-hybridized carbons (Fsp3) is 0. The first-order chi connectivity index (χ1) is 29.1. The van der Waals surface area contributed by atoms with Gasteiger partial charge >= 0.3 is 24.4 Å². The van der Waals surface area contributed by atoms with E-state index in [1.54, 1.807) is 61.4 Å².